The smallest absolute Gasteiger partial charge is 0.405 e. The van der Waals surface area contributed by atoms with Gasteiger partial charge in [0.2, 0.25) is 0 Å². The van der Waals surface area contributed by atoms with Crippen molar-refractivity contribution in [1.29, 1.82) is 0 Å². The van der Waals surface area contributed by atoms with E-state index in [4.69, 9.17) is 9.47 Å². The molecule has 1 aromatic heterocycles. The number of anilines is 2. The van der Waals surface area contributed by atoms with Crippen LogP contribution in [0.1, 0.15) is 19.8 Å². The molecule has 1 fully saturated rings. The van der Waals surface area contributed by atoms with Gasteiger partial charge in [0.05, 0.1) is 32.0 Å². The number of ether oxygens (including phenoxy) is 2. The Hall–Kier alpha value is -3.59. The molecule has 0 radical (unpaired) electrons. The second-order valence-corrected chi connectivity index (χ2v) is 11.7. The second-order valence-electron chi connectivity index (χ2n) is 9.17. The van der Waals surface area contributed by atoms with E-state index in [-0.39, 0.29) is 39.1 Å². The lowest BCUT2D eigenvalue weighted by Crippen LogP contribution is -2.41. The SMILES string of the molecule is C[C@@H](Oc1cc(F)ccc1Nc1ncnc2cc(N=S(C)(=O)C3CCOCC3)cc(F)c12)C(=O)NCC(F)(F)F. The molecule has 9 nitrogen and oxygen atoms in total. The standard InChI is InChI=1S/C25H26F5N5O4S/c1-14(24(36)31-12-25(28,29)30)39-21-9-15(26)3-4-19(21)34-23-22-18(27)10-16(11-20(22)32-13-33-23)35-40(2,37)17-5-7-38-8-6-17/h3-4,9-11,13-14,17H,5-8,12H2,1-2H3,(H,31,36)(H,32,33,34)/t14-,40?/m1/s1. The fourth-order valence-corrected chi connectivity index (χ4v) is 5.81. The summed E-state index contributed by atoms with van der Waals surface area (Å²) in [5.41, 5.74) is 0.335. The molecule has 1 saturated heterocycles. The zero-order valence-electron chi connectivity index (χ0n) is 21.4. The highest BCUT2D eigenvalue weighted by Gasteiger charge is 2.29. The lowest BCUT2D eigenvalue weighted by atomic mass is 10.2. The molecule has 3 aromatic rings. The molecule has 15 heteroatoms. The average Bonchev–Trinajstić information content (AvgIpc) is 2.88. The quantitative estimate of drug-likeness (QED) is 0.356. The van der Waals surface area contributed by atoms with E-state index in [0.29, 0.717) is 26.1 Å². The number of alkyl halides is 3. The molecule has 1 amide bonds. The molecule has 1 aliphatic heterocycles. The Labute approximate surface area is 226 Å². The van der Waals surface area contributed by atoms with Crippen molar-refractivity contribution < 1.29 is 40.4 Å². The van der Waals surface area contributed by atoms with Crippen molar-refractivity contribution in [2.45, 2.75) is 37.3 Å². The van der Waals surface area contributed by atoms with Gasteiger partial charge in [-0.15, -0.1) is 0 Å². The predicted octanol–water partition coefficient (Wildman–Crippen LogP) is 5.01. The van der Waals surface area contributed by atoms with E-state index in [2.05, 4.69) is 19.6 Å². The zero-order chi connectivity index (χ0) is 29.1. The summed E-state index contributed by atoms with van der Waals surface area (Å²) < 4.78 is 95.0. The minimum Gasteiger partial charge on any atom is -0.479 e. The Morgan fingerprint density at radius 2 is 1.93 bits per heavy atom. The summed E-state index contributed by atoms with van der Waals surface area (Å²) >= 11 is 0. The van der Waals surface area contributed by atoms with Crippen molar-refractivity contribution in [3.63, 3.8) is 0 Å². The molecule has 0 saturated carbocycles. The van der Waals surface area contributed by atoms with Gasteiger partial charge in [0, 0.05) is 36.9 Å². The fourth-order valence-electron chi connectivity index (χ4n) is 4.07. The molecule has 40 heavy (non-hydrogen) atoms. The first-order chi connectivity index (χ1) is 18.8. The lowest BCUT2D eigenvalue weighted by Gasteiger charge is -2.23. The molecule has 1 aliphatic rings. The summed E-state index contributed by atoms with van der Waals surface area (Å²) in [5.74, 6) is -2.86. The van der Waals surface area contributed by atoms with Gasteiger partial charge in [-0.05, 0) is 38.0 Å². The normalized spacial score (nSPS) is 16.7. The van der Waals surface area contributed by atoms with Crippen molar-refractivity contribution >= 4 is 43.7 Å². The molecule has 0 bridgehead atoms. The molecule has 1 unspecified atom stereocenters. The van der Waals surface area contributed by atoms with Gasteiger partial charge in [0.25, 0.3) is 5.91 Å². The Morgan fingerprint density at radius 3 is 2.62 bits per heavy atom. The third kappa shape index (κ3) is 7.33. The van der Waals surface area contributed by atoms with Gasteiger partial charge in [0.1, 0.15) is 36.1 Å². The highest BCUT2D eigenvalue weighted by molar-refractivity contribution is 7.93. The first-order valence-electron chi connectivity index (χ1n) is 12.1. The third-order valence-electron chi connectivity index (χ3n) is 6.08. The van der Waals surface area contributed by atoms with Gasteiger partial charge in [-0.2, -0.15) is 17.5 Å². The lowest BCUT2D eigenvalue weighted by molar-refractivity contribution is -0.142. The summed E-state index contributed by atoms with van der Waals surface area (Å²) in [4.78, 5) is 20.2. The number of hydrogen-bond acceptors (Lipinski definition) is 8. The minimum atomic E-state index is -4.62. The van der Waals surface area contributed by atoms with Crippen LogP contribution < -0.4 is 15.4 Å². The van der Waals surface area contributed by atoms with Gasteiger partial charge in [0.15, 0.2) is 6.10 Å². The van der Waals surface area contributed by atoms with E-state index < -0.39 is 46.1 Å². The molecule has 0 spiro atoms. The molecule has 2 aromatic carbocycles. The Balaban J connectivity index is 1.62. The van der Waals surface area contributed by atoms with Gasteiger partial charge in [-0.3, -0.25) is 4.79 Å². The number of amides is 1. The Morgan fingerprint density at radius 1 is 1.20 bits per heavy atom. The number of halogens is 5. The van der Waals surface area contributed by atoms with Crippen LogP contribution in [-0.2, 0) is 19.3 Å². The highest BCUT2D eigenvalue weighted by Crippen LogP contribution is 2.34. The van der Waals surface area contributed by atoms with E-state index in [0.717, 1.165) is 24.5 Å². The summed E-state index contributed by atoms with van der Waals surface area (Å²) in [6.45, 7) is 0.588. The maximum atomic E-state index is 15.4. The first kappa shape index (κ1) is 29.4. The van der Waals surface area contributed by atoms with E-state index in [1.54, 1.807) is 5.32 Å². The van der Waals surface area contributed by atoms with Crippen molar-refractivity contribution in [1.82, 2.24) is 15.3 Å². The van der Waals surface area contributed by atoms with Gasteiger partial charge >= 0.3 is 6.18 Å². The van der Waals surface area contributed by atoms with Crippen LogP contribution in [0.4, 0.5) is 39.1 Å². The van der Waals surface area contributed by atoms with Crippen LogP contribution in [-0.4, -0.2) is 63.6 Å². The van der Waals surface area contributed by atoms with Gasteiger partial charge < -0.3 is 20.1 Å². The number of fused-ring (bicyclic) bond motifs is 1. The van der Waals surface area contributed by atoms with E-state index in [9.17, 15) is 26.6 Å². The highest BCUT2D eigenvalue weighted by atomic mass is 32.2. The van der Waals surface area contributed by atoms with E-state index in [1.807, 2.05) is 0 Å². The minimum absolute atomic E-state index is 0.0404. The molecule has 2 atom stereocenters. The molecular weight excluding hydrogens is 561 g/mol. The largest absolute Gasteiger partial charge is 0.479 e. The Kier molecular flexibility index (Phi) is 8.73. The molecule has 4 rings (SSSR count). The first-order valence-corrected chi connectivity index (χ1v) is 14.1. The maximum Gasteiger partial charge on any atom is 0.405 e. The van der Waals surface area contributed by atoms with Crippen molar-refractivity contribution in [2.24, 2.45) is 4.36 Å². The topological polar surface area (TPSA) is 115 Å². The summed E-state index contributed by atoms with van der Waals surface area (Å²) in [5, 5.41) is 4.25. The van der Waals surface area contributed by atoms with Crippen LogP contribution in [0.25, 0.3) is 10.9 Å². The second kappa shape index (κ2) is 11.9. The average molecular weight is 588 g/mol. The number of nitrogens with zero attached hydrogens (tertiary/aromatic N) is 3. The zero-order valence-corrected chi connectivity index (χ0v) is 22.2. The molecular formula is C25H26F5N5O4S. The van der Waals surface area contributed by atoms with Crippen molar-refractivity contribution in [2.75, 3.05) is 31.3 Å². The van der Waals surface area contributed by atoms with Crippen LogP contribution >= 0.6 is 0 Å². The number of rotatable bonds is 8. The number of hydrogen-bond donors (Lipinski definition) is 2. The van der Waals surface area contributed by atoms with Crippen molar-refractivity contribution in [3.8, 4) is 5.75 Å². The van der Waals surface area contributed by atoms with Crippen LogP contribution in [0.5, 0.6) is 5.75 Å². The van der Waals surface area contributed by atoms with Crippen LogP contribution in [0.15, 0.2) is 41.0 Å². The van der Waals surface area contributed by atoms with Crippen molar-refractivity contribution in [3.05, 3.63) is 48.3 Å². The maximum absolute atomic E-state index is 15.4. The molecule has 2 heterocycles. The van der Waals surface area contributed by atoms with Crippen LogP contribution in [0, 0.1) is 11.6 Å². The Bertz CT molecular complexity index is 1520. The van der Waals surface area contributed by atoms with Crippen LogP contribution in [0.3, 0.4) is 0 Å². The summed E-state index contributed by atoms with van der Waals surface area (Å²) in [6.07, 6.45) is -2.21. The monoisotopic (exact) mass is 587 g/mol. The molecule has 216 valence electrons. The molecule has 0 aliphatic carbocycles. The number of nitrogens with one attached hydrogen (secondary N) is 2. The number of carbonyl (C=O) groups is 1. The van der Waals surface area contributed by atoms with Crippen LogP contribution in [0.2, 0.25) is 0 Å². The third-order valence-corrected chi connectivity index (χ3v) is 8.36. The van der Waals surface area contributed by atoms with E-state index >= 15 is 4.39 Å². The molecule has 2 N–H and O–H groups in total. The number of benzene rings is 2. The number of aromatic nitrogens is 2. The summed E-state index contributed by atoms with van der Waals surface area (Å²) in [6, 6.07) is 5.78. The summed E-state index contributed by atoms with van der Waals surface area (Å²) in [7, 11) is -2.70. The predicted molar refractivity (Wildman–Crippen MR) is 138 cm³/mol. The fraction of sp³-hybridized carbons (Fsp3) is 0.400. The van der Waals surface area contributed by atoms with E-state index in [1.165, 1.54) is 25.3 Å². The number of carbonyl (C=O) groups excluding carboxylic acids is 1. The van der Waals surface area contributed by atoms with Gasteiger partial charge in [-0.1, -0.05) is 0 Å². The van der Waals surface area contributed by atoms with Gasteiger partial charge in [-0.25, -0.2) is 23.0 Å².